The Morgan fingerprint density at radius 1 is 0.304 bits per heavy atom. The van der Waals surface area contributed by atoms with Crippen LogP contribution in [-0.2, 0) is 28.6 Å². The van der Waals surface area contributed by atoms with E-state index in [2.05, 4.69) is 142 Å². The second-order valence-electron chi connectivity index (χ2n) is 17.7. The number of carbonyl (C=O) groups is 3. The van der Waals surface area contributed by atoms with Gasteiger partial charge in [0.05, 0.1) is 0 Å². The van der Waals surface area contributed by atoms with E-state index >= 15 is 0 Å². The lowest BCUT2D eigenvalue weighted by Crippen LogP contribution is -2.30. The number of esters is 3. The molecule has 388 valence electrons. The maximum atomic E-state index is 12.8. The zero-order valence-electron chi connectivity index (χ0n) is 44.3. The summed E-state index contributed by atoms with van der Waals surface area (Å²) in [5.74, 6) is -1.06. The van der Waals surface area contributed by atoms with Gasteiger partial charge in [0.25, 0.3) is 0 Å². The van der Waals surface area contributed by atoms with Crippen molar-refractivity contribution in [2.45, 2.75) is 232 Å². The molecule has 0 amide bonds. The van der Waals surface area contributed by atoms with E-state index in [1.165, 1.54) is 64.2 Å². The zero-order valence-corrected chi connectivity index (χ0v) is 44.3. The smallest absolute Gasteiger partial charge is 0.306 e. The summed E-state index contributed by atoms with van der Waals surface area (Å²) in [6.07, 6.45) is 78.7. The summed E-state index contributed by atoms with van der Waals surface area (Å²) >= 11 is 0. The fourth-order valence-corrected chi connectivity index (χ4v) is 6.97. The van der Waals surface area contributed by atoms with Crippen LogP contribution in [0.1, 0.15) is 226 Å². The highest BCUT2D eigenvalue weighted by molar-refractivity contribution is 5.71. The zero-order chi connectivity index (χ0) is 50.0. The summed E-state index contributed by atoms with van der Waals surface area (Å²) in [6.45, 7) is 6.37. The molecule has 0 aromatic heterocycles. The fraction of sp³-hybridized carbons (Fsp3) is 0.603. The van der Waals surface area contributed by atoms with Crippen LogP contribution in [0.3, 0.4) is 0 Å². The third kappa shape index (κ3) is 54.4. The lowest BCUT2D eigenvalue weighted by Gasteiger charge is -2.18. The summed E-state index contributed by atoms with van der Waals surface area (Å²) < 4.78 is 16.7. The third-order valence-corrected chi connectivity index (χ3v) is 11.1. The molecule has 0 heterocycles. The number of rotatable bonds is 48. The molecule has 0 rings (SSSR count). The molecule has 0 N–H and O–H groups in total. The van der Waals surface area contributed by atoms with Crippen LogP contribution >= 0.6 is 0 Å². The Balaban J connectivity index is 4.57. The highest BCUT2D eigenvalue weighted by atomic mass is 16.6. The van der Waals surface area contributed by atoms with Crippen molar-refractivity contribution >= 4 is 17.9 Å². The lowest BCUT2D eigenvalue weighted by molar-refractivity contribution is -0.166. The minimum atomic E-state index is -0.831. The second-order valence-corrected chi connectivity index (χ2v) is 17.7. The summed E-state index contributed by atoms with van der Waals surface area (Å²) in [4.78, 5) is 38.1. The Hall–Kier alpha value is -4.45. The van der Waals surface area contributed by atoms with Gasteiger partial charge in [-0.2, -0.15) is 0 Å². The van der Waals surface area contributed by atoms with Gasteiger partial charge in [0.1, 0.15) is 13.2 Å². The van der Waals surface area contributed by atoms with Crippen molar-refractivity contribution < 1.29 is 28.6 Å². The van der Waals surface area contributed by atoms with Gasteiger partial charge >= 0.3 is 17.9 Å². The van der Waals surface area contributed by atoms with Crippen LogP contribution in [0.25, 0.3) is 0 Å². The van der Waals surface area contributed by atoms with Crippen LogP contribution in [0.15, 0.2) is 134 Å². The van der Waals surface area contributed by atoms with Crippen molar-refractivity contribution in [3.63, 3.8) is 0 Å². The molecule has 0 fully saturated rings. The average molecular weight is 953 g/mol. The SMILES string of the molecule is CC/C=C\C/C=C\C/C=C\C/C=C\C/C=C\C/C=C\CCC(=O)OC[C@H](COC(=O)CCCCC/C=C\C/C=C\C/C=C\C/C=C\CCCCC)OC(=O)CCCCCCC/C=C\CCCCCC. The van der Waals surface area contributed by atoms with Gasteiger partial charge in [0.15, 0.2) is 6.10 Å². The first-order chi connectivity index (χ1) is 34.0. The maximum Gasteiger partial charge on any atom is 0.306 e. The van der Waals surface area contributed by atoms with E-state index in [1.807, 2.05) is 12.2 Å². The Labute approximate surface area is 424 Å². The predicted octanol–water partition coefficient (Wildman–Crippen LogP) is 18.6. The van der Waals surface area contributed by atoms with Crippen molar-refractivity contribution in [1.29, 1.82) is 0 Å². The van der Waals surface area contributed by atoms with Crippen LogP contribution in [0.5, 0.6) is 0 Å². The van der Waals surface area contributed by atoms with E-state index in [0.717, 1.165) is 116 Å². The van der Waals surface area contributed by atoms with Gasteiger partial charge in [0, 0.05) is 19.3 Å². The number of allylic oxidation sites excluding steroid dienone is 22. The molecule has 0 spiro atoms. The molecule has 0 saturated carbocycles. The van der Waals surface area contributed by atoms with Gasteiger partial charge in [0.2, 0.25) is 0 Å². The quantitative estimate of drug-likeness (QED) is 0.0262. The molecular formula is C63H100O6. The molecular weight excluding hydrogens is 853 g/mol. The minimum absolute atomic E-state index is 0.126. The van der Waals surface area contributed by atoms with Crippen molar-refractivity contribution in [3.05, 3.63) is 134 Å². The Morgan fingerprint density at radius 3 is 1.03 bits per heavy atom. The molecule has 69 heavy (non-hydrogen) atoms. The fourth-order valence-electron chi connectivity index (χ4n) is 6.97. The molecule has 0 saturated heterocycles. The van der Waals surface area contributed by atoms with E-state index in [1.54, 1.807) is 0 Å². The van der Waals surface area contributed by atoms with Crippen LogP contribution in [0, 0.1) is 0 Å². The number of carbonyl (C=O) groups excluding carboxylic acids is 3. The topological polar surface area (TPSA) is 78.9 Å². The Bertz CT molecular complexity index is 1510. The largest absolute Gasteiger partial charge is 0.462 e. The Kier molecular flexibility index (Phi) is 52.5. The van der Waals surface area contributed by atoms with Crippen molar-refractivity contribution in [2.24, 2.45) is 0 Å². The number of hydrogen-bond acceptors (Lipinski definition) is 6. The molecule has 0 aliphatic carbocycles. The molecule has 6 nitrogen and oxygen atoms in total. The molecule has 0 aromatic carbocycles. The third-order valence-electron chi connectivity index (χ3n) is 11.1. The van der Waals surface area contributed by atoms with Gasteiger partial charge in [-0.25, -0.2) is 0 Å². The number of hydrogen-bond donors (Lipinski definition) is 0. The van der Waals surface area contributed by atoms with Crippen molar-refractivity contribution in [2.75, 3.05) is 13.2 Å². The standard InChI is InChI=1S/C63H100O6/c1-4-7-10-13-16-19-22-25-27-29-31-33-35-38-40-43-46-49-52-55-61(64)67-58-60(69-63(66)57-54-51-48-45-42-37-24-21-18-15-12-9-6-3)59-68-62(65)56-53-50-47-44-41-39-36-34-32-30-28-26-23-20-17-14-11-8-5-2/h7,10,16-17,19-21,24-28,31-34,38-41,46,49,60H,4-6,8-9,11-15,18,22-23,29-30,35-37,42-45,47-48,50-59H2,1-3H3/b10-7-,19-16-,20-17-,24-21-,27-25-,28-26-,33-31-,34-32-,40-38-,41-39-,49-46-/t60-/m1/s1. The first kappa shape index (κ1) is 64.5. The molecule has 0 bridgehead atoms. The predicted molar refractivity (Wildman–Crippen MR) is 297 cm³/mol. The van der Waals surface area contributed by atoms with Crippen molar-refractivity contribution in [1.82, 2.24) is 0 Å². The highest BCUT2D eigenvalue weighted by Crippen LogP contribution is 2.12. The van der Waals surface area contributed by atoms with Gasteiger partial charge in [-0.15, -0.1) is 0 Å². The van der Waals surface area contributed by atoms with E-state index in [4.69, 9.17) is 14.2 Å². The van der Waals surface area contributed by atoms with Gasteiger partial charge in [-0.05, 0) is 128 Å². The van der Waals surface area contributed by atoms with E-state index in [9.17, 15) is 14.4 Å². The number of ether oxygens (including phenoxy) is 3. The maximum absolute atomic E-state index is 12.8. The van der Waals surface area contributed by atoms with Gasteiger partial charge in [-0.3, -0.25) is 14.4 Å². The molecule has 0 aliphatic rings. The first-order valence-corrected chi connectivity index (χ1v) is 27.7. The molecule has 0 aliphatic heterocycles. The van der Waals surface area contributed by atoms with Crippen LogP contribution in [-0.4, -0.2) is 37.2 Å². The minimum Gasteiger partial charge on any atom is -0.462 e. The van der Waals surface area contributed by atoms with Gasteiger partial charge < -0.3 is 14.2 Å². The highest BCUT2D eigenvalue weighted by Gasteiger charge is 2.19. The monoisotopic (exact) mass is 953 g/mol. The number of unbranched alkanes of at least 4 members (excludes halogenated alkanes) is 15. The van der Waals surface area contributed by atoms with E-state index < -0.39 is 6.10 Å². The van der Waals surface area contributed by atoms with Crippen molar-refractivity contribution in [3.8, 4) is 0 Å². The molecule has 0 unspecified atom stereocenters. The van der Waals surface area contributed by atoms with E-state index in [-0.39, 0.29) is 44.0 Å². The summed E-state index contributed by atoms with van der Waals surface area (Å²) in [5.41, 5.74) is 0. The Morgan fingerprint density at radius 2 is 0.594 bits per heavy atom. The summed E-state index contributed by atoms with van der Waals surface area (Å²) in [6, 6.07) is 0. The summed E-state index contributed by atoms with van der Waals surface area (Å²) in [5, 5.41) is 0. The molecule has 1 atom stereocenters. The lowest BCUT2D eigenvalue weighted by atomic mass is 10.1. The van der Waals surface area contributed by atoms with Crippen LogP contribution < -0.4 is 0 Å². The normalized spacial score (nSPS) is 13.1. The average Bonchev–Trinajstić information content (AvgIpc) is 3.35. The van der Waals surface area contributed by atoms with Crippen LogP contribution in [0.4, 0.5) is 0 Å². The molecule has 6 heteroatoms. The first-order valence-electron chi connectivity index (χ1n) is 27.7. The van der Waals surface area contributed by atoms with Crippen LogP contribution in [0.2, 0.25) is 0 Å². The second kappa shape index (κ2) is 56.1. The molecule has 0 aromatic rings. The van der Waals surface area contributed by atoms with Gasteiger partial charge in [-0.1, -0.05) is 212 Å². The summed E-state index contributed by atoms with van der Waals surface area (Å²) in [7, 11) is 0. The van der Waals surface area contributed by atoms with E-state index in [0.29, 0.717) is 12.8 Å². The molecule has 0 radical (unpaired) electrons.